The van der Waals surface area contributed by atoms with Crippen LogP contribution < -0.4 is 26.9 Å². The maximum Gasteiger partial charge on any atom is 0.152 e. The van der Waals surface area contributed by atoms with Gasteiger partial charge in [0.05, 0.1) is 6.54 Å². The van der Waals surface area contributed by atoms with E-state index in [2.05, 4.69) is 52.1 Å². The molecule has 0 bridgehead atoms. The average molecular weight is 421 g/mol. The lowest BCUT2D eigenvalue weighted by Gasteiger charge is -2.40. The van der Waals surface area contributed by atoms with Gasteiger partial charge in [-0.3, -0.25) is 0 Å². The second kappa shape index (κ2) is 9.51. The summed E-state index contributed by atoms with van der Waals surface area (Å²) in [6, 6.07) is 16.5. The van der Waals surface area contributed by atoms with Gasteiger partial charge in [0.2, 0.25) is 0 Å². The highest BCUT2D eigenvalue weighted by atomic mass is 16.5. The molecular formula is C24H32N6O. The second-order valence-corrected chi connectivity index (χ2v) is 8.15. The van der Waals surface area contributed by atoms with Gasteiger partial charge in [-0.2, -0.15) is 0 Å². The minimum Gasteiger partial charge on any atom is -0.482 e. The molecule has 4 rings (SSSR count). The molecule has 0 atom stereocenters. The summed E-state index contributed by atoms with van der Waals surface area (Å²) in [5.41, 5.74) is 10.3. The van der Waals surface area contributed by atoms with Crippen molar-refractivity contribution in [3.05, 3.63) is 71.3 Å². The van der Waals surface area contributed by atoms with E-state index < -0.39 is 0 Å². The number of nitrogens with zero attached hydrogens (tertiary/aromatic N) is 2. The van der Waals surface area contributed by atoms with Crippen LogP contribution in [0.5, 0.6) is 5.75 Å². The molecule has 0 saturated carbocycles. The van der Waals surface area contributed by atoms with Crippen LogP contribution in [-0.4, -0.2) is 49.8 Å². The summed E-state index contributed by atoms with van der Waals surface area (Å²) in [6.07, 6.45) is 5.13. The normalized spacial score (nSPS) is 17.6. The average Bonchev–Trinajstić information content (AvgIpc) is 2.79. The molecule has 31 heavy (non-hydrogen) atoms. The number of nitrogens with two attached hydrogens (primary N) is 2. The lowest BCUT2D eigenvalue weighted by atomic mass is 9.83. The zero-order valence-electron chi connectivity index (χ0n) is 18.1. The van der Waals surface area contributed by atoms with Crippen LogP contribution in [-0.2, 0) is 0 Å². The van der Waals surface area contributed by atoms with E-state index in [4.69, 9.17) is 16.3 Å². The Bertz CT molecular complexity index is 947. The first kappa shape index (κ1) is 21.4. The molecule has 0 aromatic heterocycles. The molecule has 2 aromatic rings. The molecule has 7 heteroatoms. The molecule has 2 aliphatic heterocycles. The number of hydrazine groups is 1. The van der Waals surface area contributed by atoms with Gasteiger partial charge in [0.25, 0.3) is 0 Å². The Balaban J connectivity index is 1.58. The number of hydrogen-bond acceptors (Lipinski definition) is 6. The predicted octanol–water partition coefficient (Wildman–Crippen LogP) is 2.04. The van der Waals surface area contributed by atoms with E-state index >= 15 is 0 Å². The van der Waals surface area contributed by atoms with Gasteiger partial charge < -0.3 is 21.1 Å². The van der Waals surface area contributed by atoms with Gasteiger partial charge in [-0.15, -0.1) is 5.10 Å². The molecule has 2 aliphatic rings. The number of hydrogen-bond donors (Lipinski definition) is 4. The number of fused-ring (bicyclic) bond motifs is 1. The molecule has 1 fully saturated rings. The number of rotatable bonds is 7. The number of ether oxygens (including phenoxy) is 1. The predicted molar refractivity (Wildman–Crippen MR) is 126 cm³/mol. The zero-order valence-corrected chi connectivity index (χ0v) is 18.1. The largest absolute Gasteiger partial charge is 0.482 e. The van der Waals surface area contributed by atoms with Gasteiger partial charge in [0.1, 0.15) is 11.4 Å². The van der Waals surface area contributed by atoms with E-state index in [0.29, 0.717) is 12.4 Å². The minimum atomic E-state index is -0.249. The van der Waals surface area contributed by atoms with Crippen molar-refractivity contribution in [2.24, 2.45) is 16.7 Å². The summed E-state index contributed by atoms with van der Waals surface area (Å²) >= 11 is 0. The van der Waals surface area contributed by atoms with Crippen molar-refractivity contribution in [3.8, 4) is 5.75 Å². The van der Waals surface area contributed by atoms with E-state index in [1.807, 2.05) is 25.2 Å². The van der Waals surface area contributed by atoms with Gasteiger partial charge in [-0.1, -0.05) is 42.5 Å². The third kappa shape index (κ3) is 4.90. The van der Waals surface area contributed by atoms with Gasteiger partial charge >= 0.3 is 0 Å². The fourth-order valence-corrected chi connectivity index (χ4v) is 4.19. The molecule has 1 saturated heterocycles. The number of hydrazone groups is 1. The number of para-hydroxylation sites is 1. The summed E-state index contributed by atoms with van der Waals surface area (Å²) in [4.78, 5) is 0. The molecule has 0 amide bonds. The Morgan fingerprint density at radius 3 is 2.65 bits per heavy atom. The molecule has 7 nitrogen and oxygen atoms in total. The molecular weight excluding hydrogens is 388 g/mol. The van der Waals surface area contributed by atoms with Gasteiger partial charge in [-0.05, 0) is 56.4 Å². The van der Waals surface area contributed by atoms with Crippen LogP contribution in [0.25, 0.3) is 5.57 Å². The van der Waals surface area contributed by atoms with Crippen LogP contribution in [0.15, 0.2) is 59.7 Å². The van der Waals surface area contributed by atoms with Crippen molar-refractivity contribution in [1.82, 2.24) is 15.8 Å². The maximum absolute atomic E-state index is 6.48. The summed E-state index contributed by atoms with van der Waals surface area (Å²) in [6.45, 7) is 3.44. The lowest BCUT2D eigenvalue weighted by molar-refractivity contribution is 0.0817. The molecule has 0 radical (unpaired) electrons. The number of benzene rings is 2. The van der Waals surface area contributed by atoms with Crippen LogP contribution in [0.2, 0.25) is 0 Å². The molecule has 0 unspecified atom stereocenters. The van der Waals surface area contributed by atoms with Crippen LogP contribution in [0.3, 0.4) is 0 Å². The quantitative estimate of drug-likeness (QED) is 0.180. The van der Waals surface area contributed by atoms with Crippen molar-refractivity contribution >= 4 is 11.4 Å². The summed E-state index contributed by atoms with van der Waals surface area (Å²) in [5.74, 6) is 7.30. The first-order chi connectivity index (χ1) is 15.1. The molecule has 2 heterocycles. The lowest BCUT2D eigenvalue weighted by Crippen LogP contribution is -2.46. The Morgan fingerprint density at radius 2 is 1.90 bits per heavy atom. The third-order valence-electron chi connectivity index (χ3n) is 5.89. The van der Waals surface area contributed by atoms with E-state index in [1.165, 1.54) is 10.7 Å². The number of amidine groups is 1. The maximum atomic E-state index is 6.48. The Hall–Kier alpha value is -2.87. The standard InChI is InChI=1S/C24H32N6O/c1-27-13-4-16-30(26)29-23(25)19-9-7-18(8-10-19)21-17-24(11-14-28-15-12-24)31-22-6-3-2-5-20(21)22/h2-3,5-10,17,27-28H,4,11-16,26H2,1H3,(H2,25,29). The molecule has 6 N–H and O–H groups in total. The van der Waals surface area contributed by atoms with Crippen molar-refractivity contribution in [2.75, 3.05) is 33.2 Å². The van der Waals surface area contributed by atoms with Gasteiger partial charge in [0.15, 0.2) is 5.84 Å². The number of piperidine rings is 1. The first-order valence-electron chi connectivity index (χ1n) is 10.9. The first-order valence-corrected chi connectivity index (χ1v) is 10.9. The van der Waals surface area contributed by atoms with Crippen LogP contribution in [0, 0.1) is 0 Å². The third-order valence-corrected chi connectivity index (χ3v) is 5.89. The van der Waals surface area contributed by atoms with Gasteiger partial charge in [0, 0.05) is 24.0 Å². The molecule has 1 spiro atoms. The highest BCUT2D eigenvalue weighted by Gasteiger charge is 2.36. The monoisotopic (exact) mass is 420 g/mol. The Morgan fingerprint density at radius 1 is 1.16 bits per heavy atom. The van der Waals surface area contributed by atoms with Crippen molar-refractivity contribution in [3.63, 3.8) is 0 Å². The minimum absolute atomic E-state index is 0.249. The SMILES string of the molecule is CNCCCN(N)/N=C(\N)c1ccc(C2=CC3(CCNCC3)Oc3ccccc32)cc1. The van der Waals surface area contributed by atoms with E-state index in [1.54, 1.807) is 0 Å². The summed E-state index contributed by atoms with van der Waals surface area (Å²) in [5, 5.41) is 12.2. The van der Waals surface area contributed by atoms with Crippen LogP contribution in [0.4, 0.5) is 0 Å². The Kier molecular flexibility index (Phi) is 6.56. The smallest absolute Gasteiger partial charge is 0.152 e. The van der Waals surface area contributed by atoms with Crippen molar-refractivity contribution < 1.29 is 4.74 Å². The molecule has 2 aromatic carbocycles. The van der Waals surface area contributed by atoms with E-state index in [0.717, 1.165) is 61.3 Å². The van der Waals surface area contributed by atoms with Crippen molar-refractivity contribution in [1.29, 1.82) is 0 Å². The molecule has 0 aliphatic carbocycles. The van der Waals surface area contributed by atoms with Crippen LogP contribution in [0.1, 0.15) is 36.0 Å². The Labute approximate surface area is 184 Å². The summed E-state index contributed by atoms with van der Waals surface area (Å²) < 4.78 is 6.48. The van der Waals surface area contributed by atoms with E-state index in [9.17, 15) is 0 Å². The molecule has 164 valence electrons. The van der Waals surface area contributed by atoms with Crippen LogP contribution >= 0.6 is 0 Å². The second-order valence-electron chi connectivity index (χ2n) is 8.15. The van der Waals surface area contributed by atoms with E-state index in [-0.39, 0.29) is 5.60 Å². The fourth-order valence-electron chi connectivity index (χ4n) is 4.19. The summed E-state index contributed by atoms with van der Waals surface area (Å²) in [7, 11) is 1.92. The highest BCUT2D eigenvalue weighted by molar-refractivity contribution is 5.97. The highest BCUT2D eigenvalue weighted by Crippen LogP contribution is 2.42. The zero-order chi connectivity index (χ0) is 21.7. The fraction of sp³-hybridized carbons (Fsp3) is 0.375. The topological polar surface area (TPSA) is 101 Å². The van der Waals surface area contributed by atoms with Gasteiger partial charge in [-0.25, -0.2) is 11.0 Å². The van der Waals surface area contributed by atoms with Crippen molar-refractivity contribution in [2.45, 2.75) is 24.9 Å². The number of nitrogens with one attached hydrogen (secondary N) is 2.